The zero-order valence-electron chi connectivity index (χ0n) is 11.3. The fourth-order valence-electron chi connectivity index (χ4n) is 1.76. The van der Waals surface area contributed by atoms with Crippen LogP contribution in [-0.2, 0) is 16.6 Å². The Morgan fingerprint density at radius 2 is 1.86 bits per heavy atom. The van der Waals surface area contributed by atoms with E-state index in [1.807, 2.05) is 30.5 Å². The van der Waals surface area contributed by atoms with Gasteiger partial charge in [0, 0.05) is 11.4 Å². The molecule has 0 aliphatic rings. The molecule has 0 aliphatic heterocycles. The van der Waals surface area contributed by atoms with Crippen molar-refractivity contribution in [3.8, 4) is 0 Å². The van der Waals surface area contributed by atoms with Crippen LogP contribution in [0.3, 0.4) is 0 Å². The third-order valence-electron chi connectivity index (χ3n) is 2.91. The Kier molecular flexibility index (Phi) is 5.16. The zero-order chi connectivity index (χ0) is 15.5. The van der Waals surface area contributed by atoms with Crippen LogP contribution in [0.2, 0.25) is 5.02 Å². The predicted octanol–water partition coefficient (Wildman–Crippen LogP) is 3.32. The first-order valence-corrected chi connectivity index (χ1v) is 9.24. The lowest BCUT2D eigenvalue weighted by molar-refractivity contribution is 0.598. The fourth-order valence-corrected chi connectivity index (χ4v) is 2.89. The number of sulfonamides is 1. The van der Waals surface area contributed by atoms with Gasteiger partial charge in [-0.05, 0) is 42.2 Å². The van der Waals surface area contributed by atoms with Crippen LogP contribution in [0.25, 0.3) is 0 Å². The Morgan fingerprint density at radius 1 is 1.19 bits per heavy atom. The van der Waals surface area contributed by atoms with E-state index in [0.717, 1.165) is 5.56 Å². The van der Waals surface area contributed by atoms with Gasteiger partial charge in [-0.25, -0.2) is 13.6 Å². The molecule has 0 unspecified atom stereocenters. The minimum atomic E-state index is -3.74. The summed E-state index contributed by atoms with van der Waals surface area (Å²) in [5, 5.41) is 8.68. The average molecular weight is 343 g/mol. The molecule has 0 saturated heterocycles. The SMILES string of the molecule is CSc1ccc(CNc2cc(S(N)(=O)=O)ccc2Cl)cc1. The Labute approximate surface area is 133 Å². The third kappa shape index (κ3) is 4.38. The lowest BCUT2D eigenvalue weighted by Gasteiger charge is -2.10. The molecule has 0 spiro atoms. The van der Waals surface area contributed by atoms with Crippen molar-refractivity contribution in [1.82, 2.24) is 0 Å². The molecule has 0 saturated carbocycles. The van der Waals surface area contributed by atoms with Crippen molar-refractivity contribution in [3.05, 3.63) is 53.1 Å². The molecule has 2 aromatic rings. The summed E-state index contributed by atoms with van der Waals surface area (Å²) in [5.41, 5.74) is 1.61. The Hall–Kier alpha value is -1.21. The van der Waals surface area contributed by atoms with Crippen LogP contribution in [0, 0.1) is 0 Å². The normalized spacial score (nSPS) is 11.4. The van der Waals surface area contributed by atoms with Gasteiger partial charge in [-0.1, -0.05) is 23.7 Å². The Morgan fingerprint density at radius 3 is 2.43 bits per heavy atom. The largest absolute Gasteiger partial charge is 0.380 e. The lowest BCUT2D eigenvalue weighted by atomic mass is 10.2. The van der Waals surface area contributed by atoms with Crippen molar-refractivity contribution in [1.29, 1.82) is 0 Å². The van der Waals surface area contributed by atoms with Crippen molar-refractivity contribution in [2.24, 2.45) is 5.14 Å². The second-order valence-corrected chi connectivity index (χ2v) is 7.24. The molecule has 0 amide bonds. The first-order chi connectivity index (χ1) is 9.90. The highest BCUT2D eigenvalue weighted by Crippen LogP contribution is 2.25. The van der Waals surface area contributed by atoms with Crippen LogP contribution in [0.4, 0.5) is 5.69 Å². The molecule has 0 aliphatic carbocycles. The maximum Gasteiger partial charge on any atom is 0.238 e. The summed E-state index contributed by atoms with van der Waals surface area (Å²) in [6.45, 7) is 0.544. The molecular formula is C14H15ClN2O2S2. The first kappa shape index (κ1) is 16.2. The van der Waals surface area contributed by atoms with Gasteiger partial charge in [-0.3, -0.25) is 0 Å². The van der Waals surface area contributed by atoms with Gasteiger partial charge in [0.25, 0.3) is 0 Å². The summed E-state index contributed by atoms with van der Waals surface area (Å²) < 4.78 is 22.7. The quantitative estimate of drug-likeness (QED) is 0.817. The summed E-state index contributed by atoms with van der Waals surface area (Å²) in [6.07, 6.45) is 2.02. The van der Waals surface area contributed by atoms with Gasteiger partial charge >= 0.3 is 0 Å². The van der Waals surface area contributed by atoms with E-state index in [4.69, 9.17) is 16.7 Å². The molecule has 0 radical (unpaired) electrons. The number of hydrogen-bond acceptors (Lipinski definition) is 4. The van der Waals surface area contributed by atoms with E-state index in [1.165, 1.54) is 23.1 Å². The summed E-state index contributed by atoms with van der Waals surface area (Å²) in [6, 6.07) is 12.4. The maximum absolute atomic E-state index is 11.3. The van der Waals surface area contributed by atoms with Gasteiger partial charge in [-0.2, -0.15) is 0 Å². The van der Waals surface area contributed by atoms with Crippen molar-refractivity contribution in [2.45, 2.75) is 16.3 Å². The smallest absolute Gasteiger partial charge is 0.238 e. The molecule has 112 valence electrons. The number of nitrogens with one attached hydrogen (secondary N) is 1. The number of rotatable bonds is 5. The molecule has 0 fully saturated rings. The molecule has 4 nitrogen and oxygen atoms in total. The molecule has 2 aromatic carbocycles. The summed E-state index contributed by atoms with van der Waals surface area (Å²) >= 11 is 7.74. The van der Waals surface area contributed by atoms with Crippen molar-refractivity contribution < 1.29 is 8.42 Å². The zero-order valence-corrected chi connectivity index (χ0v) is 13.7. The Balaban J connectivity index is 2.15. The highest BCUT2D eigenvalue weighted by atomic mass is 35.5. The molecule has 0 bridgehead atoms. The monoisotopic (exact) mass is 342 g/mol. The van der Waals surface area contributed by atoms with Gasteiger partial charge < -0.3 is 5.32 Å². The van der Waals surface area contributed by atoms with Crippen LogP contribution in [-0.4, -0.2) is 14.7 Å². The van der Waals surface area contributed by atoms with Gasteiger partial charge in [0.05, 0.1) is 15.6 Å². The third-order valence-corrected chi connectivity index (χ3v) is 4.89. The summed E-state index contributed by atoms with van der Waals surface area (Å²) in [5.74, 6) is 0. The van der Waals surface area contributed by atoms with Crippen LogP contribution < -0.4 is 10.5 Å². The highest BCUT2D eigenvalue weighted by Gasteiger charge is 2.10. The molecule has 3 N–H and O–H groups in total. The lowest BCUT2D eigenvalue weighted by Crippen LogP contribution is -2.12. The number of primary sulfonamides is 1. The van der Waals surface area contributed by atoms with Crippen molar-refractivity contribution in [2.75, 3.05) is 11.6 Å². The molecule has 0 atom stereocenters. The highest BCUT2D eigenvalue weighted by molar-refractivity contribution is 7.98. The number of nitrogens with two attached hydrogens (primary N) is 1. The molecule has 0 heterocycles. The van der Waals surface area contributed by atoms with E-state index < -0.39 is 10.0 Å². The number of halogens is 1. The molecule has 21 heavy (non-hydrogen) atoms. The van der Waals surface area contributed by atoms with Gasteiger partial charge in [0.1, 0.15) is 0 Å². The van der Waals surface area contributed by atoms with Gasteiger partial charge in [0.2, 0.25) is 10.0 Å². The van der Waals surface area contributed by atoms with Gasteiger partial charge in [0.15, 0.2) is 0 Å². The molecule has 2 rings (SSSR count). The van der Waals surface area contributed by atoms with E-state index in [0.29, 0.717) is 17.3 Å². The van der Waals surface area contributed by atoms with Crippen molar-refractivity contribution in [3.63, 3.8) is 0 Å². The first-order valence-electron chi connectivity index (χ1n) is 6.09. The Bertz CT molecular complexity index is 731. The molecule has 7 heteroatoms. The second kappa shape index (κ2) is 6.70. The van der Waals surface area contributed by atoms with Gasteiger partial charge in [-0.15, -0.1) is 11.8 Å². The number of anilines is 1. The predicted molar refractivity (Wildman–Crippen MR) is 88.4 cm³/mol. The number of hydrogen-bond donors (Lipinski definition) is 2. The van der Waals surface area contributed by atoms with Crippen LogP contribution in [0.1, 0.15) is 5.56 Å². The minimum Gasteiger partial charge on any atom is -0.380 e. The van der Waals surface area contributed by atoms with E-state index in [9.17, 15) is 8.42 Å². The summed E-state index contributed by atoms with van der Waals surface area (Å²) in [7, 11) is -3.74. The van der Waals surface area contributed by atoms with Crippen LogP contribution in [0.5, 0.6) is 0 Å². The number of benzene rings is 2. The van der Waals surface area contributed by atoms with Crippen LogP contribution >= 0.6 is 23.4 Å². The minimum absolute atomic E-state index is 0.0344. The van der Waals surface area contributed by atoms with E-state index in [1.54, 1.807) is 11.8 Å². The summed E-state index contributed by atoms with van der Waals surface area (Å²) in [4.78, 5) is 1.22. The van der Waals surface area contributed by atoms with E-state index >= 15 is 0 Å². The topological polar surface area (TPSA) is 72.2 Å². The van der Waals surface area contributed by atoms with E-state index in [2.05, 4.69) is 5.32 Å². The fraction of sp³-hybridized carbons (Fsp3) is 0.143. The molecule has 0 aromatic heterocycles. The maximum atomic E-state index is 11.3. The second-order valence-electron chi connectivity index (χ2n) is 4.39. The standard InChI is InChI=1S/C14H15ClN2O2S2/c1-20-11-4-2-10(3-5-11)9-17-14-8-12(21(16,18)19)6-7-13(14)15/h2-8,17H,9H2,1H3,(H2,16,18,19). The number of thioether (sulfide) groups is 1. The average Bonchev–Trinajstić information content (AvgIpc) is 2.45. The van der Waals surface area contributed by atoms with Crippen LogP contribution in [0.15, 0.2) is 52.3 Å². The van der Waals surface area contributed by atoms with Crippen molar-refractivity contribution >= 4 is 39.1 Å². The van der Waals surface area contributed by atoms with E-state index in [-0.39, 0.29) is 4.90 Å². The molecular weight excluding hydrogens is 328 g/mol.